The second kappa shape index (κ2) is 6.97. The molecule has 1 N–H and O–H groups in total. The van der Waals surface area contributed by atoms with Crippen molar-refractivity contribution in [3.05, 3.63) is 57.7 Å². The van der Waals surface area contributed by atoms with Crippen LogP contribution in [0.25, 0.3) is 11.1 Å². The summed E-state index contributed by atoms with van der Waals surface area (Å²) >= 11 is 0. The largest absolute Gasteiger partial charge is 0.493 e. The van der Waals surface area contributed by atoms with Crippen molar-refractivity contribution in [1.82, 2.24) is 5.32 Å². The minimum Gasteiger partial charge on any atom is -0.493 e. The van der Waals surface area contributed by atoms with E-state index in [1.165, 1.54) is 13.0 Å². The number of carbonyl (C=O) groups is 1. The average Bonchev–Trinajstić information content (AvgIpc) is 2.85. The minimum absolute atomic E-state index is 0.0954. The molecular weight excluding hydrogens is 318 g/mol. The summed E-state index contributed by atoms with van der Waals surface area (Å²) in [6, 6.07) is 10.4. The summed E-state index contributed by atoms with van der Waals surface area (Å²) in [5.74, 6) is 1.16. The van der Waals surface area contributed by atoms with Gasteiger partial charge in [-0.05, 0) is 47.7 Å². The van der Waals surface area contributed by atoms with Crippen molar-refractivity contribution >= 4 is 5.91 Å². The normalized spacial score (nSPS) is 15.4. The SMILES string of the molecule is COc1ccc2c(c1OC)-c1cccc(=O)cc1C(NC(C)=O)CC2. The second-order valence-electron chi connectivity index (χ2n) is 6.07. The third-order valence-electron chi connectivity index (χ3n) is 4.49. The maximum absolute atomic E-state index is 12.1. The monoisotopic (exact) mass is 339 g/mol. The lowest BCUT2D eigenvalue weighted by Crippen LogP contribution is -2.26. The molecule has 1 atom stereocenters. The van der Waals surface area contributed by atoms with E-state index in [2.05, 4.69) is 5.32 Å². The molecule has 0 aliphatic heterocycles. The lowest BCUT2D eigenvalue weighted by Gasteiger charge is -2.18. The zero-order valence-electron chi connectivity index (χ0n) is 14.6. The quantitative estimate of drug-likeness (QED) is 0.934. The van der Waals surface area contributed by atoms with Gasteiger partial charge in [0.2, 0.25) is 5.91 Å². The summed E-state index contributed by atoms with van der Waals surface area (Å²) in [5.41, 5.74) is 3.60. The van der Waals surface area contributed by atoms with E-state index in [0.29, 0.717) is 17.9 Å². The minimum atomic E-state index is -0.226. The molecular formula is C20H21NO4. The first-order valence-electron chi connectivity index (χ1n) is 8.20. The Morgan fingerprint density at radius 2 is 1.96 bits per heavy atom. The summed E-state index contributed by atoms with van der Waals surface area (Å²) in [4.78, 5) is 23.8. The third kappa shape index (κ3) is 3.22. The molecule has 1 unspecified atom stereocenters. The lowest BCUT2D eigenvalue weighted by molar-refractivity contribution is -0.119. The first-order valence-corrected chi connectivity index (χ1v) is 8.20. The molecule has 0 spiro atoms. The van der Waals surface area contributed by atoms with E-state index in [-0.39, 0.29) is 17.4 Å². The summed E-state index contributed by atoms with van der Waals surface area (Å²) in [5, 5.41) is 2.97. The molecule has 2 aromatic carbocycles. The maximum Gasteiger partial charge on any atom is 0.217 e. The number of carbonyl (C=O) groups excluding carboxylic acids is 1. The highest BCUT2D eigenvalue weighted by Gasteiger charge is 2.26. The van der Waals surface area contributed by atoms with Crippen LogP contribution in [0.15, 0.2) is 41.2 Å². The molecule has 130 valence electrons. The van der Waals surface area contributed by atoms with Crippen LogP contribution in [0, 0.1) is 0 Å². The molecule has 1 aliphatic carbocycles. The zero-order chi connectivity index (χ0) is 18.0. The van der Waals surface area contributed by atoms with Gasteiger partial charge in [0.25, 0.3) is 0 Å². The molecule has 0 radical (unpaired) electrons. The summed E-state index contributed by atoms with van der Waals surface area (Å²) < 4.78 is 11.1. The van der Waals surface area contributed by atoms with E-state index < -0.39 is 0 Å². The van der Waals surface area contributed by atoms with Crippen molar-refractivity contribution in [3.63, 3.8) is 0 Å². The predicted molar refractivity (Wildman–Crippen MR) is 96.1 cm³/mol. The van der Waals surface area contributed by atoms with Gasteiger partial charge >= 0.3 is 0 Å². The van der Waals surface area contributed by atoms with E-state index >= 15 is 0 Å². The number of ether oxygens (including phenoxy) is 2. The Morgan fingerprint density at radius 1 is 1.16 bits per heavy atom. The number of hydrogen-bond donors (Lipinski definition) is 1. The van der Waals surface area contributed by atoms with Crippen LogP contribution in [-0.4, -0.2) is 20.1 Å². The topological polar surface area (TPSA) is 64.6 Å². The van der Waals surface area contributed by atoms with Crippen LogP contribution in [0.5, 0.6) is 11.5 Å². The Labute approximate surface area is 146 Å². The smallest absolute Gasteiger partial charge is 0.217 e. The predicted octanol–water partition coefficient (Wildman–Crippen LogP) is 2.85. The van der Waals surface area contributed by atoms with Gasteiger partial charge in [-0.25, -0.2) is 0 Å². The number of methoxy groups -OCH3 is 2. The first kappa shape index (κ1) is 17.0. The van der Waals surface area contributed by atoms with E-state index in [1.54, 1.807) is 26.4 Å². The number of fused-ring (bicyclic) bond motifs is 3. The molecule has 1 amide bonds. The standard InChI is InChI=1S/C20H21NO4/c1-12(22)21-17-9-7-13-8-10-18(24-2)20(25-3)19(13)15-6-4-5-14(23)11-16(15)17/h4-6,8,10-11,17H,7,9H2,1-3H3,(H,21,22). The number of aryl methyl sites for hydroxylation is 1. The van der Waals surface area contributed by atoms with E-state index in [4.69, 9.17) is 9.47 Å². The van der Waals surface area contributed by atoms with Gasteiger partial charge in [0.15, 0.2) is 16.9 Å². The van der Waals surface area contributed by atoms with Gasteiger partial charge in [-0.2, -0.15) is 0 Å². The lowest BCUT2D eigenvalue weighted by atomic mass is 9.96. The van der Waals surface area contributed by atoms with Gasteiger partial charge in [-0.1, -0.05) is 18.2 Å². The Balaban J connectivity index is 2.34. The van der Waals surface area contributed by atoms with Crippen LogP contribution in [0.3, 0.4) is 0 Å². The second-order valence-corrected chi connectivity index (χ2v) is 6.07. The van der Waals surface area contributed by atoms with Crippen molar-refractivity contribution in [1.29, 1.82) is 0 Å². The van der Waals surface area contributed by atoms with Crippen LogP contribution in [0.1, 0.15) is 30.5 Å². The molecule has 5 nitrogen and oxygen atoms in total. The van der Waals surface area contributed by atoms with Crippen molar-refractivity contribution in [2.24, 2.45) is 0 Å². The molecule has 0 aromatic heterocycles. The van der Waals surface area contributed by atoms with Crippen molar-refractivity contribution in [3.8, 4) is 22.6 Å². The van der Waals surface area contributed by atoms with Gasteiger partial charge in [0.1, 0.15) is 0 Å². The highest BCUT2D eigenvalue weighted by Crippen LogP contribution is 2.45. The van der Waals surface area contributed by atoms with Gasteiger partial charge in [0, 0.05) is 12.5 Å². The fraction of sp³-hybridized carbons (Fsp3) is 0.300. The molecule has 0 saturated heterocycles. The molecule has 0 bridgehead atoms. The number of benzene rings is 1. The summed E-state index contributed by atoms with van der Waals surface area (Å²) in [6.45, 7) is 1.49. The van der Waals surface area contributed by atoms with Crippen LogP contribution < -0.4 is 20.2 Å². The van der Waals surface area contributed by atoms with Crippen LogP contribution in [0.4, 0.5) is 0 Å². The van der Waals surface area contributed by atoms with E-state index in [9.17, 15) is 9.59 Å². The maximum atomic E-state index is 12.1. The highest BCUT2D eigenvalue weighted by atomic mass is 16.5. The summed E-state index contributed by atoms with van der Waals surface area (Å²) in [6.07, 6.45) is 1.46. The van der Waals surface area contributed by atoms with E-state index in [0.717, 1.165) is 28.7 Å². The van der Waals surface area contributed by atoms with Gasteiger partial charge < -0.3 is 14.8 Å². The Hall–Kier alpha value is -2.82. The molecule has 0 fully saturated rings. The molecule has 2 aromatic rings. The van der Waals surface area contributed by atoms with E-state index in [1.807, 2.05) is 18.2 Å². The fourth-order valence-corrected chi connectivity index (χ4v) is 3.45. The number of amides is 1. The van der Waals surface area contributed by atoms with Crippen molar-refractivity contribution in [2.75, 3.05) is 14.2 Å². The molecule has 0 heterocycles. The van der Waals surface area contributed by atoms with Crippen LogP contribution in [0.2, 0.25) is 0 Å². The molecule has 0 saturated carbocycles. The molecule has 25 heavy (non-hydrogen) atoms. The van der Waals surface area contributed by atoms with Crippen LogP contribution in [-0.2, 0) is 11.2 Å². The van der Waals surface area contributed by atoms with Gasteiger partial charge in [0.05, 0.1) is 20.3 Å². The Morgan fingerprint density at radius 3 is 2.64 bits per heavy atom. The highest BCUT2D eigenvalue weighted by molar-refractivity contribution is 5.81. The number of nitrogens with one attached hydrogen (secondary N) is 1. The van der Waals surface area contributed by atoms with Crippen LogP contribution >= 0.6 is 0 Å². The Kier molecular flexibility index (Phi) is 4.74. The molecule has 3 rings (SSSR count). The number of rotatable bonds is 3. The zero-order valence-corrected chi connectivity index (χ0v) is 14.6. The fourth-order valence-electron chi connectivity index (χ4n) is 3.45. The molecule has 5 heteroatoms. The average molecular weight is 339 g/mol. The summed E-state index contributed by atoms with van der Waals surface area (Å²) in [7, 11) is 3.21. The third-order valence-corrected chi connectivity index (χ3v) is 4.49. The molecule has 1 aliphatic rings. The number of hydrogen-bond acceptors (Lipinski definition) is 4. The van der Waals surface area contributed by atoms with Gasteiger partial charge in [-0.3, -0.25) is 9.59 Å². The van der Waals surface area contributed by atoms with Gasteiger partial charge in [-0.15, -0.1) is 0 Å². The first-order chi connectivity index (χ1) is 12.0. The Bertz CT molecular complexity index is 876. The van der Waals surface area contributed by atoms with Crippen molar-refractivity contribution < 1.29 is 14.3 Å². The van der Waals surface area contributed by atoms with Crippen molar-refractivity contribution in [2.45, 2.75) is 25.8 Å².